The van der Waals surface area contributed by atoms with Gasteiger partial charge in [0.05, 0.1) is 28.8 Å². The van der Waals surface area contributed by atoms with Crippen LogP contribution in [0.3, 0.4) is 0 Å². The predicted molar refractivity (Wildman–Crippen MR) is 126 cm³/mol. The van der Waals surface area contributed by atoms with Crippen molar-refractivity contribution in [3.8, 4) is 11.3 Å². The van der Waals surface area contributed by atoms with Crippen molar-refractivity contribution in [1.82, 2.24) is 35.3 Å². The molecule has 3 aromatic heterocycles. The second-order valence-corrected chi connectivity index (χ2v) is 9.64. The van der Waals surface area contributed by atoms with E-state index >= 15 is 0 Å². The first kappa shape index (κ1) is 21.4. The first-order chi connectivity index (χ1) is 15.6. The molecule has 2 aliphatic rings. The summed E-state index contributed by atoms with van der Waals surface area (Å²) in [5.41, 5.74) is 5.32. The molecule has 2 aliphatic carbocycles. The molecule has 0 atom stereocenters. The second kappa shape index (κ2) is 9.19. The molecular weight excluding hydrogens is 424 g/mol. The van der Waals surface area contributed by atoms with Crippen molar-refractivity contribution >= 4 is 17.5 Å². The lowest BCUT2D eigenvalue weighted by Gasteiger charge is -2.29. The molecule has 0 aromatic carbocycles. The number of hydrogen-bond donors (Lipinski definition) is 3. The number of halogens is 1. The summed E-state index contributed by atoms with van der Waals surface area (Å²) in [5, 5.41) is 19.4. The summed E-state index contributed by atoms with van der Waals surface area (Å²) in [5.74, 6) is 1.42. The SMILES string of the molecule is Cc1n[nH]cc1CN[C@H]1CC[C@@H](Nc2ncc(Cl)c(-c3cnn(C)c3CC3CC3)n2)CC1. The zero-order valence-corrected chi connectivity index (χ0v) is 19.5. The van der Waals surface area contributed by atoms with Gasteiger partial charge in [-0.2, -0.15) is 10.2 Å². The Morgan fingerprint density at radius 1 is 1.12 bits per heavy atom. The molecule has 0 unspecified atom stereocenters. The number of nitrogens with one attached hydrogen (secondary N) is 3. The van der Waals surface area contributed by atoms with Crippen LogP contribution in [0.2, 0.25) is 5.02 Å². The van der Waals surface area contributed by atoms with Gasteiger partial charge in [0.15, 0.2) is 0 Å². The number of rotatable bonds is 8. The van der Waals surface area contributed by atoms with E-state index in [1.165, 1.54) is 24.1 Å². The number of anilines is 1. The molecule has 3 heterocycles. The van der Waals surface area contributed by atoms with Crippen molar-refractivity contribution in [3.05, 3.63) is 40.6 Å². The van der Waals surface area contributed by atoms with E-state index in [4.69, 9.17) is 16.6 Å². The van der Waals surface area contributed by atoms with Crippen LogP contribution in [0.15, 0.2) is 18.6 Å². The largest absolute Gasteiger partial charge is 0.351 e. The molecule has 0 aliphatic heterocycles. The fourth-order valence-corrected chi connectivity index (χ4v) is 4.76. The van der Waals surface area contributed by atoms with E-state index in [1.807, 2.05) is 31.0 Å². The molecule has 3 N–H and O–H groups in total. The highest BCUT2D eigenvalue weighted by Gasteiger charge is 2.27. The molecule has 0 spiro atoms. The van der Waals surface area contributed by atoms with Crippen LogP contribution in [0.4, 0.5) is 5.95 Å². The predicted octanol–water partition coefficient (Wildman–Crippen LogP) is 4.03. The number of aromatic amines is 1. The molecular formula is C23H31ClN8. The van der Waals surface area contributed by atoms with Crippen LogP contribution in [-0.2, 0) is 20.0 Å². The van der Waals surface area contributed by atoms with Gasteiger partial charge in [0, 0.05) is 48.7 Å². The average molecular weight is 455 g/mol. The molecule has 0 amide bonds. The smallest absolute Gasteiger partial charge is 0.223 e. The summed E-state index contributed by atoms with van der Waals surface area (Å²) in [7, 11) is 2.00. The normalized spacial score (nSPS) is 21.1. The lowest BCUT2D eigenvalue weighted by atomic mass is 9.91. The van der Waals surface area contributed by atoms with E-state index < -0.39 is 0 Å². The van der Waals surface area contributed by atoms with Gasteiger partial charge in [-0.15, -0.1) is 0 Å². The van der Waals surface area contributed by atoms with Crippen molar-refractivity contribution < 1.29 is 0 Å². The van der Waals surface area contributed by atoms with E-state index in [1.54, 1.807) is 6.20 Å². The van der Waals surface area contributed by atoms with Crippen LogP contribution in [0.5, 0.6) is 0 Å². The molecule has 32 heavy (non-hydrogen) atoms. The Hall–Kier alpha value is -2.45. The monoisotopic (exact) mass is 454 g/mol. The van der Waals surface area contributed by atoms with E-state index in [0.717, 1.165) is 61.5 Å². The maximum atomic E-state index is 6.51. The van der Waals surface area contributed by atoms with Crippen LogP contribution in [0, 0.1) is 12.8 Å². The minimum absolute atomic E-state index is 0.373. The third-order valence-electron chi connectivity index (χ3n) is 6.82. The van der Waals surface area contributed by atoms with Crippen LogP contribution in [0.25, 0.3) is 11.3 Å². The third-order valence-corrected chi connectivity index (χ3v) is 7.09. The van der Waals surface area contributed by atoms with Crippen LogP contribution < -0.4 is 10.6 Å². The fraction of sp³-hybridized carbons (Fsp3) is 0.565. The average Bonchev–Trinajstić information content (AvgIpc) is 3.42. The van der Waals surface area contributed by atoms with Gasteiger partial charge >= 0.3 is 0 Å². The summed E-state index contributed by atoms with van der Waals surface area (Å²) < 4.78 is 1.96. The molecule has 2 saturated carbocycles. The molecule has 8 nitrogen and oxygen atoms in total. The van der Waals surface area contributed by atoms with Crippen LogP contribution in [-0.4, -0.2) is 42.0 Å². The van der Waals surface area contributed by atoms with Crippen LogP contribution in [0.1, 0.15) is 55.5 Å². The molecule has 5 rings (SSSR count). The summed E-state index contributed by atoms with van der Waals surface area (Å²) in [6.07, 6.45) is 13.6. The maximum Gasteiger partial charge on any atom is 0.223 e. The van der Waals surface area contributed by atoms with Crippen molar-refractivity contribution in [2.45, 2.75) is 70.5 Å². The van der Waals surface area contributed by atoms with Gasteiger partial charge in [-0.3, -0.25) is 9.78 Å². The summed E-state index contributed by atoms with van der Waals surface area (Å²) in [4.78, 5) is 9.26. The summed E-state index contributed by atoms with van der Waals surface area (Å²) >= 11 is 6.51. The minimum Gasteiger partial charge on any atom is -0.351 e. The van der Waals surface area contributed by atoms with Gasteiger partial charge in [0.25, 0.3) is 0 Å². The summed E-state index contributed by atoms with van der Waals surface area (Å²) in [6, 6.07) is 0.905. The van der Waals surface area contributed by atoms with Gasteiger partial charge in [0.1, 0.15) is 0 Å². The first-order valence-corrected chi connectivity index (χ1v) is 12.0. The highest BCUT2D eigenvalue weighted by atomic mass is 35.5. The van der Waals surface area contributed by atoms with Crippen LogP contribution >= 0.6 is 11.6 Å². The van der Waals surface area contributed by atoms with Gasteiger partial charge in [-0.05, 0) is 57.8 Å². The van der Waals surface area contributed by atoms with Crippen molar-refractivity contribution in [2.75, 3.05) is 5.32 Å². The van der Waals surface area contributed by atoms with Crippen molar-refractivity contribution in [3.63, 3.8) is 0 Å². The van der Waals surface area contributed by atoms with Crippen molar-refractivity contribution in [2.24, 2.45) is 13.0 Å². The zero-order chi connectivity index (χ0) is 22.1. The van der Waals surface area contributed by atoms with Gasteiger partial charge in [0.2, 0.25) is 5.95 Å². The van der Waals surface area contributed by atoms with Gasteiger partial charge < -0.3 is 10.6 Å². The molecule has 0 radical (unpaired) electrons. The van der Waals surface area contributed by atoms with E-state index in [9.17, 15) is 0 Å². The lowest BCUT2D eigenvalue weighted by molar-refractivity contribution is 0.352. The Morgan fingerprint density at radius 2 is 1.91 bits per heavy atom. The molecule has 2 fully saturated rings. The Bertz CT molecular complexity index is 1060. The Balaban J connectivity index is 1.20. The van der Waals surface area contributed by atoms with E-state index in [0.29, 0.717) is 23.1 Å². The number of hydrogen-bond acceptors (Lipinski definition) is 6. The lowest BCUT2D eigenvalue weighted by Crippen LogP contribution is -2.37. The number of aryl methyl sites for hydroxylation is 2. The van der Waals surface area contributed by atoms with E-state index in [2.05, 4.69) is 30.9 Å². The summed E-state index contributed by atoms with van der Waals surface area (Å²) in [6.45, 7) is 2.90. The molecule has 170 valence electrons. The first-order valence-electron chi connectivity index (χ1n) is 11.6. The van der Waals surface area contributed by atoms with E-state index in [-0.39, 0.29) is 0 Å². The standard InChI is InChI=1S/C23H31ClN8/c1-14-16(11-27-31-14)10-25-17-5-7-18(8-6-17)29-23-26-13-20(24)22(30-23)19-12-28-32(2)21(19)9-15-3-4-15/h11-13,15,17-18,25H,3-10H2,1-2H3,(H,27,31)(H,26,29,30)/t17-,18+. The Morgan fingerprint density at radius 3 is 2.62 bits per heavy atom. The highest BCUT2D eigenvalue weighted by molar-refractivity contribution is 6.32. The van der Waals surface area contributed by atoms with Gasteiger partial charge in [-0.1, -0.05) is 11.6 Å². The molecule has 9 heteroatoms. The molecule has 0 saturated heterocycles. The minimum atomic E-state index is 0.373. The number of nitrogens with zero attached hydrogens (tertiary/aromatic N) is 5. The zero-order valence-electron chi connectivity index (χ0n) is 18.7. The van der Waals surface area contributed by atoms with Gasteiger partial charge in [-0.25, -0.2) is 9.97 Å². The molecule has 0 bridgehead atoms. The molecule has 3 aromatic rings. The number of aromatic nitrogens is 6. The Labute approximate surface area is 193 Å². The topological polar surface area (TPSA) is 96.3 Å². The fourth-order valence-electron chi connectivity index (χ4n) is 4.56. The van der Waals surface area contributed by atoms with Crippen molar-refractivity contribution in [1.29, 1.82) is 0 Å². The number of H-pyrrole nitrogens is 1. The Kier molecular flexibility index (Phi) is 6.15. The third kappa shape index (κ3) is 4.81. The second-order valence-electron chi connectivity index (χ2n) is 9.24. The maximum absolute atomic E-state index is 6.51. The highest BCUT2D eigenvalue weighted by Crippen LogP contribution is 2.37. The quantitative estimate of drug-likeness (QED) is 0.475.